The molecule has 10 heteroatoms. The minimum Gasteiger partial charge on any atom is -0.339 e. The van der Waals surface area contributed by atoms with Gasteiger partial charge in [-0.1, -0.05) is 5.16 Å². The van der Waals surface area contributed by atoms with Crippen LogP contribution in [-0.2, 0) is 0 Å². The van der Waals surface area contributed by atoms with E-state index in [4.69, 9.17) is 4.52 Å². The summed E-state index contributed by atoms with van der Waals surface area (Å²) < 4.78 is 19.9. The van der Waals surface area contributed by atoms with Gasteiger partial charge in [0.15, 0.2) is 4.96 Å². The summed E-state index contributed by atoms with van der Waals surface area (Å²) in [5.74, 6) is 0.292. The smallest absolute Gasteiger partial charge is 0.271 e. The number of carbonyl (C=O) groups is 1. The maximum absolute atomic E-state index is 13.1. The average Bonchev–Trinajstić information content (AvgIpc) is 3.45. The number of likely N-dealkylation sites (tertiary alicyclic amines) is 1. The highest BCUT2D eigenvalue weighted by Crippen LogP contribution is 2.29. The zero-order valence-electron chi connectivity index (χ0n) is 15.7. The molecule has 0 spiro atoms. The Morgan fingerprint density at radius 3 is 2.73 bits per heavy atom. The number of amides is 1. The lowest BCUT2D eigenvalue weighted by atomic mass is 9.96. The number of halogens is 1. The number of hydrogen-bond acceptors (Lipinski definition) is 7. The van der Waals surface area contributed by atoms with E-state index in [0.717, 1.165) is 0 Å². The van der Waals surface area contributed by atoms with Crippen LogP contribution < -0.4 is 5.56 Å². The third kappa shape index (κ3) is 3.28. The topological polar surface area (TPSA) is 93.6 Å². The zero-order valence-corrected chi connectivity index (χ0v) is 16.5. The second-order valence-electron chi connectivity index (χ2n) is 7.06. The third-order valence-corrected chi connectivity index (χ3v) is 6.02. The fraction of sp³-hybridized carbons (Fsp3) is 0.250. The number of aromatic nitrogens is 4. The molecule has 5 rings (SSSR count). The number of thiazole rings is 1. The number of rotatable bonds is 3. The van der Waals surface area contributed by atoms with Crippen LogP contribution in [0.2, 0.25) is 0 Å². The Hall–Kier alpha value is -3.40. The molecule has 152 valence electrons. The van der Waals surface area contributed by atoms with Crippen molar-refractivity contribution in [3.63, 3.8) is 0 Å². The van der Waals surface area contributed by atoms with E-state index in [1.54, 1.807) is 28.6 Å². The van der Waals surface area contributed by atoms with E-state index in [1.165, 1.54) is 34.1 Å². The molecule has 4 aromatic rings. The zero-order chi connectivity index (χ0) is 20.7. The van der Waals surface area contributed by atoms with Gasteiger partial charge in [-0.25, -0.2) is 9.37 Å². The Kier molecular flexibility index (Phi) is 4.62. The van der Waals surface area contributed by atoms with Gasteiger partial charge in [-0.05, 0) is 37.1 Å². The van der Waals surface area contributed by atoms with Crippen molar-refractivity contribution in [3.05, 3.63) is 69.7 Å². The highest BCUT2D eigenvalue weighted by atomic mass is 32.1. The summed E-state index contributed by atoms with van der Waals surface area (Å²) in [5.41, 5.74) is 0.394. The van der Waals surface area contributed by atoms with Gasteiger partial charge >= 0.3 is 0 Å². The van der Waals surface area contributed by atoms with Crippen molar-refractivity contribution in [2.75, 3.05) is 13.1 Å². The molecule has 0 radical (unpaired) electrons. The maximum Gasteiger partial charge on any atom is 0.271 e. The lowest BCUT2D eigenvalue weighted by Crippen LogP contribution is -2.40. The molecule has 0 aliphatic carbocycles. The second-order valence-corrected chi connectivity index (χ2v) is 7.94. The Bertz CT molecular complexity index is 1270. The Balaban J connectivity index is 1.28. The van der Waals surface area contributed by atoms with Gasteiger partial charge in [-0.2, -0.15) is 4.98 Å². The molecule has 0 bridgehead atoms. The van der Waals surface area contributed by atoms with Gasteiger partial charge in [0.2, 0.25) is 11.7 Å². The van der Waals surface area contributed by atoms with Gasteiger partial charge in [0.05, 0.1) is 0 Å². The van der Waals surface area contributed by atoms with Crippen LogP contribution in [0.15, 0.2) is 51.4 Å². The first-order valence-corrected chi connectivity index (χ1v) is 10.3. The van der Waals surface area contributed by atoms with Gasteiger partial charge in [0, 0.05) is 42.3 Å². The Morgan fingerprint density at radius 2 is 1.97 bits per heavy atom. The van der Waals surface area contributed by atoms with E-state index >= 15 is 0 Å². The van der Waals surface area contributed by atoms with Crippen molar-refractivity contribution in [1.29, 1.82) is 0 Å². The summed E-state index contributed by atoms with van der Waals surface area (Å²) >= 11 is 1.34. The summed E-state index contributed by atoms with van der Waals surface area (Å²) in [4.78, 5) is 36.2. The van der Waals surface area contributed by atoms with Crippen LogP contribution in [0.5, 0.6) is 0 Å². The number of piperidine rings is 1. The first-order chi connectivity index (χ1) is 14.6. The summed E-state index contributed by atoms with van der Waals surface area (Å²) in [6, 6.07) is 5.89. The normalized spacial score (nSPS) is 15.0. The highest BCUT2D eigenvalue weighted by molar-refractivity contribution is 7.15. The van der Waals surface area contributed by atoms with E-state index in [1.807, 2.05) is 0 Å². The number of nitrogens with zero attached hydrogens (tertiary/aromatic N) is 5. The fourth-order valence-corrected chi connectivity index (χ4v) is 4.26. The largest absolute Gasteiger partial charge is 0.339 e. The summed E-state index contributed by atoms with van der Waals surface area (Å²) in [7, 11) is 0. The molecular formula is C20H16FN5O3S. The minimum absolute atomic E-state index is 0.0225. The fourth-order valence-electron chi connectivity index (χ4n) is 3.59. The summed E-state index contributed by atoms with van der Waals surface area (Å²) in [6.45, 7) is 0.951. The van der Waals surface area contributed by atoms with Gasteiger partial charge in [0.25, 0.3) is 11.5 Å². The van der Waals surface area contributed by atoms with Crippen LogP contribution in [-0.4, -0.2) is 43.4 Å². The summed E-state index contributed by atoms with van der Waals surface area (Å²) in [6.07, 6.45) is 4.26. The van der Waals surface area contributed by atoms with Crippen molar-refractivity contribution >= 4 is 22.2 Å². The molecule has 4 heterocycles. The lowest BCUT2D eigenvalue weighted by molar-refractivity contribution is 0.0702. The van der Waals surface area contributed by atoms with Crippen LogP contribution in [0, 0.1) is 5.82 Å². The molecule has 30 heavy (non-hydrogen) atoms. The first-order valence-electron chi connectivity index (χ1n) is 9.44. The SMILES string of the molecule is O=C(c1cnc2sccn2c1=O)N1CCC(c2nc(-c3ccc(F)cc3)no2)CC1. The number of benzene rings is 1. The predicted octanol–water partition coefficient (Wildman–Crippen LogP) is 2.96. The molecule has 0 saturated carbocycles. The van der Waals surface area contributed by atoms with Crippen molar-refractivity contribution < 1.29 is 13.7 Å². The van der Waals surface area contributed by atoms with Gasteiger partial charge in [-0.15, -0.1) is 11.3 Å². The van der Waals surface area contributed by atoms with Crippen LogP contribution in [0.1, 0.15) is 35.0 Å². The van der Waals surface area contributed by atoms with E-state index in [0.29, 0.717) is 48.2 Å². The molecule has 1 aliphatic heterocycles. The molecule has 1 saturated heterocycles. The molecule has 1 fully saturated rings. The van der Waals surface area contributed by atoms with E-state index in [2.05, 4.69) is 15.1 Å². The molecule has 0 atom stereocenters. The monoisotopic (exact) mass is 425 g/mol. The van der Waals surface area contributed by atoms with Crippen LogP contribution in [0.4, 0.5) is 4.39 Å². The number of fused-ring (bicyclic) bond motifs is 1. The molecule has 8 nitrogen and oxygen atoms in total. The maximum atomic E-state index is 13.1. The van der Waals surface area contributed by atoms with Gasteiger partial charge in [0.1, 0.15) is 11.4 Å². The van der Waals surface area contributed by atoms with Crippen molar-refractivity contribution in [2.24, 2.45) is 0 Å². The van der Waals surface area contributed by atoms with Crippen LogP contribution in [0.3, 0.4) is 0 Å². The quantitative estimate of drug-likeness (QED) is 0.501. The molecule has 1 aromatic carbocycles. The lowest BCUT2D eigenvalue weighted by Gasteiger charge is -2.30. The number of hydrogen-bond donors (Lipinski definition) is 0. The Labute approximate surface area is 173 Å². The third-order valence-electron chi connectivity index (χ3n) is 5.25. The van der Waals surface area contributed by atoms with Crippen molar-refractivity contribution in [3.8, 4) is 11.4 Å². The average molecular weight is 425 g/mol. The van der Waals surface area contributed by atoms with Crippen LogP contribution >= 0.6 is 11.3 Å². The van der Waals surface area contributed by atoms with E-state index < -0.39 is 0 Å². The van der Waals surface area contributed by atoms with E-state index in [-0.39, 0.29) is 28.8 Å². The molecule has 3 aromatic heterocycles. The van der Waals surface area contributed by atoms with Crippen LogP contribution in [0.25, 0.3) is 16.3 Å². The van der Waals surface area contributed by atoms with Crippen molar-refractivity contribution in [1.82, 2.24) is 24.4 Å². The molecule has 1 amide bonds. The second kappa shape index (κ2) is 7.45. The number of carbonyl (C=O) groups excluding carboxylic acids is 1. The Morgan fingerprint density at radius 1 is 1.20 bits per heavy atom. The first kappa shape index (κ1) is 18.6. The molecule has 0 unspecified atom stereocenters. The standard InChI is InChI=1S/C20H16FN5O3S/c21-14-3-1-12(2-4-14)16-23-17(29-24-16)13-5-7-25(8-6-13)18(27)15-11-22-20-26(19(15)28)9-10-30-20/h1-4,9-11,13H,5-8H2. The minimum atomic E-state index is -0.353. The molecule has 0 N–H and O–H groups in total. The molecule has 1 aliphatic rings. The molecular weight excluding hydrogens is 409 g/mol. The van der Waals surface area contributed by atoms with Gasteiger partial charge in [-0.3, -0.25) is 14.0 Å². The van der Waals surface area contributed by atoms with E-state index in [9.17, 15) is 14.0 Å². The predicted molar refractivity (Wildman–Crippen MR) is 107 cm³/mol. The highest BCUT2D eigenvalue weighted by Gasteiger charge is 2.29. The summed E-state index contributed by atoms with van der Waals surface area (Å²) in [5, 5.41) is 5.75. The van der Waals surface area contributed by atoms with Crippen molar-refractivity contribution in [2.45, 2.75) is 18.8 Å². The van der Waals surface area contributed by atoms with Gasteiger partial charge < -0.3 is 9.42 Å².